The highest BCUT2D eigenvalue weighted by Gasteiger charge is 2.15. The van der Waals surface area contributed by atoms with E-state index in [4.69, 9.17) is 11.6 Å². The smallest absolute Gasteiger partial charge is 0.311 e. The molecule has 0 spiro atoms. The van der Waals surface area contributed by atoms with Crippen molar-refractivity contribution in [2.75, 3.05) is 11.9 Å². The zero-order valence-electron chi connectivity index (χ0n) is 10.4. The quantitative estimate of drug-likeness (QED) is 0.653. The minimum atomic E-state index is -0.811. The number of benzene rings is 1. The lowest BCUT2D eigenvalue weighted by molar-refractivity contribution is -0.384. The Labute approximate surface area is 120 Å². The zero-order chi connectivity index (χ0) is 14.5. The van der Waals surface area contributed by atoms with Crippen molar-refractivity contribution in [1.29, 1.82) is 0 Å². The van der Waals surface area contributed by atoms with Crippen molar-refractivity contribution >= 4 is 23.1 Å². The van der Waals surface area contributed by atoms with E-state index < -0.39 is 11.0 Å². The van der Waals surface area contributed by atoms with Crippen LogP contribution in [0.15, 0.2) is 42.6 Å². The topological polar surface area (TPSA) is 88.3 Å². The van der Waals surface area contributed by atoms with Gasteiger partial charge in [0, 0.05) is 23.8 Å². The highest BCUT2D eigenvalue weighted by atomic mass is 35.5. The van der Waals surface area contributed by atoms with E-state index in [0.29, 0.717) is 10.6 Å². The molecule has 1 atom stereocenters. The van der Waals surface area contributed by atoms with Crippen LogP contribution < -0.4 is 5.32 Å². The van der Waals surface area contributed by atoms with Crippen LogP contribution in [-0.4, -0.2) is 21.6 Å². The van der Waals surface area contributed by atoms with Crippen molar-refractivity contribution in [2.24, 2.45) is 0 Å². The molecule has 0 aliphatic carbocycles. The monoisotopic (exact) mass is 293 g/mol. The van der Waals surface area contributed by atoms with E-state index in [2.05, 4.69) is 10.3 Å². The minimum Gasteiger partial charge on any atom is -0.387 e. The molecule has 0 saturated heterocycles. The summed E-state index contributed by atoms with van der Waals surface area (Å²) in [6.07, 6.45) is 0.637. The standard InChI is InChI=1S/C13H12ClN3O3/c14-10-5-3-9(4-6-10)12(18)8-16-13-11(17(19)20)2-1-7-15-13/h1-7,12,18H,8H2,(H,15,16)/t12-/m0/s1. The van der Waals surface area contributed by atoms with Gasteiger partial charge in [-0.2, -0.15) is 0 Å². The highest BCUT2D eigenvalue weighted by molar-refractivity contribution is 6.30. The fraction of sp³-hybridized carbons (Fsp3) is 0.154. The highest BCUT2D eigenvalue weighted by Crippen LogP contribution is 2.22. The van der Waals surface area contributed by atoms with Crippen LogP contribution in [0.2, 0.25) is 5.02 Å². The van der Waals surface area contributed by atoms with Crippen LogP contribution in [-0.2, 0) is 0 Å². The van der Waals surface area contributed by atoms with E-state index >= 15 is 0 Å². The van der Waals surface area contributed by atoms with Crippen LogP contribution >= 0.6 is 11.6 Å². The Morgan fingerprint density at radius 1 is 1.35 bits per heavy atom. The Bertz CT molecular complexity index is 604. The first-order valence-corrected chi connectivity index (χ1v) is 6.22. The van der Waals surface area contributed by atoms with Crippen LogP contribution in [0.3, 0.4) is 0 Å². The Kier molecular flexibility index (Phi) is 4.49. The SMILES string of the molecule is O=[N+]([O-])c1cccnc1NC[C@H](O)c1ccc(Cl)cc1. The molecule has 2 rings (SSSR count). The average molecular weight is 294 g/mol. The molecule has 20 heavy (non-hydrogen) atoms. The third kappa shape index (κ3) is 3.43. The van der Waals surface area contributed by atoms with Crippen LogP contribution in [0.25, 0.3) is 0 Å². The molecule has 0 amide bonds. The van der Waals surface area contributed by atoms with Crippen molar-refractivity contribution in [1.82, 2.24) is 4.98 Å². The number of anilines is 1. The molecule has 1 aromatic carbocycles. The summed E-state index contributed by atoms with van der Waals surface area (Å²) in [6.45, 7) is 0.111. The molecule has 1 aromatic heterocycles. The van der Waals surface area contributed by atoms with Crippen LogP contribution in [0.1, 0.15) is 11.7 Å². The van der Waals surface area contributed by atoms with Gasteiger partial charge in [-0.3, -0.25) is 10.1 Å². The normalized spacial score (nSPS) is 11.9. The van der Waals surface area contributed by atoms with Crippen molar-refractivity contribution in [3.8, 4) is 0 Å². The maximum absolute atomic E-state index is 10.8. The van der Waals surface area contributed by atoms with Gasteiger partial charge < -0.3 is 10.4 Å². The maximum Gasteiger partial charge on any atom is 0.311 e. The number of nitro groups is 1. The summed E-state index contributed by atoms with van der Waals surface area (Å²) >= 11 is 5.76. The number of nitrogens with zero attached hydrogens (tertiary/aromatic N) is 2. The maximum atomic E-state index is 10.8. The number of halogens is 1. The Morgan fingerprint density at radius 2 is 2.05 bits per heavy atom. The molecule has 2 aromatic rings. The van der Waals surface area contributed by atoms with Gasteiger partial charge in [-0.1, -0.05) is 23.7 Å². The molecular weight excluding hydrogens is 282 g/mol. The molecule has 0 saturated carbocycles. The number of rotatable bonds is 5. The van der Waals surface area contributed by atoms with Gasteiger partial charge in [0.2, 0.25) is 5.82 Å². The van der Waals surface area contributed by atoms with Gasteiger partial charge in [0.25, 0.3) is 0 Å². The molecule has 2 N–H and O–H groups in total. The van der Waals surface area contributed by atoms with Crippen LogP contribution in [0, 0.1) is 10.1 Å². The van der Waals surface area contributed by atoms with E-state index in [-0.39, 0.29) is 18.1 Å². The van der Waals surface area contributed by atoms with Crippen molar-refractivity contribution < 1.29 is 10.0 Å². The molecule has 1 heterocycles. The Balaban J connectivity index is 2.05. The van der Waals surface area contributed by atoms with Gasteiger partial charge in [-0.15, -0.1) is 0 Å². The second-order valence-corrected chi connectivity index (χ2v) is 4.51. The fourth-order valence-corrected chi connectivity index (χ4v) is 1.80. The summed E-state index contributed by atoms with van der Waals surface area (Å²) in [5.74, 6) is 0.130. The lowest BCUT2D eigenvalue weighted by Gasteiger charge is -2.12. The first-order valence-electron chi connectivity index (χ1n) is 5.84. The number of aliphatic hydroxyl groups is 1. The molecule has 0 aliphatic heterocycles. The van der Waals surface area contributed by atoms with E-state index in [9.17, 15) is 15.2 Å². The number of aliphatic hydroxyl groups excluding tert-OH is 1. The molecular formula is C13H12ClN3O3. The largest absolute Gasteiger partial charge is 0.387 e. The molecule has 0 bridgehead atoms. The predicted octanol–water partition coefficient (Wildman–Crippen LogP) is 2.79. The second kappa shape index (κ2) is 6.31. The number of hydrogen-bond donors (Lipinski definition) is 2. The van der Waals surface area contributed by atoms with Gasteiger partial charge >= 0.3 is 5.69 Å². The number of hydrogen-bond acceptors (Lipinski definition) is 5. The fourth-order valence-electron chi connectivity index (χ4n) is 1.68. The predicted molar refractivity (Wildman–Crippen MR) is 75.8 cm³/mol. The van der Waals surface area contributed by atoms with E-state index in [1.54, 1.807) is 24.3 Å². The summed E-state index contributed by atoms with van der Waals surface area (Å²) < 4.78 is 0. The van der Waals surface area contributed by atoms with Gasteiger partial charge in [-0.05, 0) is 23.8 Å². The van der Waals surface area contributed by atoms with Gasteiger partial charge in [0.1, 0.15) is 0 Å². The summed E-state index contributed by atoms with van der Waals surface area (Å²) in [4.78, 5) is 14.2. The van der Waals surface area contributed by atoms with E-state index in [1.165, 1.54) is 18.3 Å². The summed E-state index contributed by atoms with van der Waals surface area (Å²) in [5.41, 5.74) is 0.538. The van der Waals surface area contributed by atoms with Crippen molar-refractivity contribution in [2.45, 2.75) is 6.10 Å². The Morgan fingerprint density at radius 3 is 2.70 bits per heavy atom. The van der Waals surface area contributed by atoms with Gasteiger partial charge in [0.05, 0.1) is 11.0 Å². The van der Waals surface area contributed by atoms with E-state index in [0.717, 1.165) is 0 Å². The van der Waals surface area contributed by atoms with Crippen molar-refractivity contribution in [3.05, 3.63) is 63.3 Å². The first kappa shape index (κ1) is 14.2. The molecule has 0 radical (unpaired) electrons. The van der Waals surface area contributed by atoms with Crippen molar-refractivity contribution in [3.63, 3.8) is 0 Å². The zero-order valence-corrected chi connectivity index (χ0v) is 11.1. The lowest BCUT2D eigenvalue weighted by Crippen LogP contribution is -2.13. The molecule has 0 unspecified atom stereocenters. The third-order valence-corrected chi connectivity index (χ3v) is 2.95. The summed E-state index contributed by atoms with van der Waals surface area (Å²) in [5, 5.41) is 24.2. The molecule has 7 heteroatoms. The summed E-state index contributed by atoms with van der Waals surface area (Å²) in [6, 6.07) is 9.57. The lowest BCUT2D eigenvalue weighted by atomic mass is 10.1. The third-order valence-electron chi connectivity index (χ3n) is 2.70. The molecule has 104 valence electrons. The number of pyridine rings is 1. The molecule has 0 fully saturated rings. The van der Waals surface area contributed by atoms with Gasteiger partial charge in [0.15, 0.2) is 0 Å². The van der Waals surface area contributed by atoms with E-state index in [1.807, 2.05) is 0 Å². The molecule has 0 aliphatic rings. The average Bonchev–Trinajstić information content (AvgIpc) is 2.45. The minimum absolute atomic E-state index is 0.111. The first-order chi connectivity index (χ1) is 9.58. The molecule has 6 nitrogen and oxygen atoms in total. The van der Waals surface area contributed by atoms with Crippen LogP contribution in [0.5, 0.6) is 0 Å². The number of aromatic nitrogens is 1. The number of nitrogens with one attached hydrogen (secondary N) is 1. The Hall–Kier alpha value is -2.18. The van der Waals surface area contributed by atoms with Gasteiger partial charge in [-0.25, -0.2) is 4.98 Å². The van der Waals surface area contributed by atoms with Crippen LogP contribution in [0.4, 0.5) is 11.5 Å². The summed E-state index contributed by atoms with van der Waals surface area (Å²) in [7, 11) is 0. The second-order valence-electron chi connectivity index (χ2n) is 4.08.